The van der Waals surface area contributed by atoms with Crippen molar-refractivity contribution >= 4 is 27.5 Å². The first-order valence-corrected chi connectivity index (χ1v) is 6.18. The number of aromatic nitrogens is 4. The van der Waals surface area contributed by atoms with Gasteiger partial charge in [-0.05, 0) is 18.2 Å². The molecule has 0 radical (unpaired) electrons. The molecule has 0 saturated carbocycles. The SMILES string of the molecule is NNC(=O)c1cn2c(-n3cccn3)cc(Br)cc2n1. The fourth-order valence-corrected chi connectivity index (χ4v) is 2.21. The van der Waals surface area contributed by atoms with Crippen LogP contribution in [0.1, 0.15) is 10.5 Å². The number of hydrazine groups is 1. The number of hydrogen-bond donors (Lipinski definition) is 2. The quantitative estimate of drug-likeness (QED) is 0.417. The molecule has 19 heavy (non-hydrogen) atoms. The summed E-state index contributed by atoms with van der Waals surface area (Å²) in [5.74, 6) is 5.44. The van der Waals surface area contributed by atoms with Crippen LogP contribution in [-0.2, 0) is 0 Å². The summed E-state index contributed by atoms with van der Waals surface area (Å²) in [4.78, 5) is 15.7. The van der Waals surface area contributed by atoms with Crippen molar-refractivity contribution < 1.29 is 4.79 Å². The van der Waals surface area contributed by atoms with Crippen LogP contribution >= 0.6 is 15.9 Å². The van der Waals surface area contributed by atoms with Crippen LogP contribution in [0.25, 0.3) is 11.5 Å². The fourth-order valence-electron chi connectivity index (χ4n) is 1.80. The monoisotopic (exact) mass is 320 g/mol. The van der Waals surface area contributed by atoms with Crippen LogP contribution in [0.4, 0.5) is 0 Å². The van der Waals surface area contributed by atoms with Gasteiger partial charge in [0.1, 0.15) is 17.2 Å². The Labute approximate surface area is 116 Å². The predicted molar refractivity (Wildman–Crippen MR) is 71.7 cm³/mol. The fraction of sp³-hybridized carbons (Fsp3) is 0. The maximum atomic E-state index is 11.5. The molecule has 3 aromatic heterocycles. The van der Waals surface area contributed by atoms with Crippen LogP contribution < -0.4 is 11.3 Å². The average molecular weight is 321 g/mol. The Morgan fingerprint density at radius 1 is 1.42 bits per heavy atom. The largest absolute Gasteiger partial charge is 0.289 e. The van der Waals surface area contributed by atoms with Gasteiger partial charge in [0.25, 0.3) is 5.91 Å². The van der Waals surface area contributed by atoms with Gasteiger partial charge in [-0.15, -0.1) is 0 Å². The molecule has 8 heteroatoms. The minimum Gasteiger partial charge on any atom is -0.289 e. The van der Waals surface area contributed by atoms with E-state index < -0.39 is 5.91 Å². The van der Waals surface area contributed by atoms with E-state index in [9.17, 15) is 4.79 Å². The predicted octanol–water partition coefficient (Wildman–Crippen LogP) is 0.886. The van der Waals surface area contributed by atoms with Crippen molar-refractivity contribution in [2.24, 2.45) is 5.84 Å². The van der Waals surface area contributed by atoms with Gasteiger partial charge in [-0.25, -0.2) is 15.5 Å². The number of nitrogens with two attached hydrogens (primary N) is 1. The van der Waals surface area contributed by atoms with Gasteiger partial charge in [0.05, 0.1) is 0 Å². The number of amides is 1. The number of hydrogen-bond acceptors (Lipinski definition) is 4. The molecule has 0 atom stereocenters. The van der Waals surface area contributed by atoms with Crippen molar-refractivity contribution in [1.82, 2.24) is 24.6 Å². The Balaban J connectivity index is 2.27. The maximum Gasteiger partial charge on any atom is 0.285 e. The molecule has 0 aliphatic carbocycles. The third-order valence-electron chi connectivity index (χ3n) is 2.62. The molecule has 0 aromatic carbocycles. The van der Waals surface area contributed by atoms with Gasteiger partial charge in [-0.2, -0.15) is 5.10 Å². The zero-order chi connectivity index (χ0) is 13.4. The van der Waals surface area contributed by atoms with Crippen LogP contribution in [0.5, 0.6) is 0 Å². The lowest BCUT2D eigenvalue weighted by Crippen LogP contribution is -2.30. The van der Waals surface area contributed by atoms with E-state index in [2.05, 4.69) is 31.4 Å². The van der Waals surface area contributed by atoms with Gasteiger partial charge in [0, 0.05) is 23.1 Å². The Morgan fingerprint density at radius 2 is 2.26 bits per heavy atom. The molecular weight excluding hydrogens is 312 g/mol. The summed E-state index contributed by atoms with van der Waals surface area (Å²) in [6.07, 6.45) is 5.10. The first kappa shape index (κ1) is 11.9. The van der Waals surface area contributed by atoms with Crippen LogP contribution in [0.2, 0.25) is 0 Å². The zero-order valence-electron chi connectivity index (χ0n) is 9.62. The van der Waals surface area contributed by atoms with E-state index in [0.717, 1.165) is 10.3 Å². The van der Waals surface area contributed by atoms with Crippen molar-refractivity contribution in [3.63, 3.8) is 0 Å². The second-order valence-electron chi connectivity index (χ2n) is 3.81. The van der Waals surface area contributed by atoms with Crippen LogP contribution in [0.3, 0.4) is 0 Å². The summed E-state index contributed by atoms with van der Waals surface area (Å²) >= 11 is 3.41. The van der Waals surface area contributed by atoms with Crippen molar-refractivity contribution in [1.29, 1.82) is 0 Å². The highest BCUT2D eigenvalue weighted by atomic mass is 79.9. The number of carbonyl (C=O) groups excluding carboxylic acids is 1. The van der Waals surface area contributed by atoms with E-state index in [1.807, 2.05) is 18.3 Å². The standard InChI is InChI=1S/C11H9BrN6O/c12-7-4-9-15-8(11(19)16-13)6-17(9)10(5-7)18-3-1-2-14-18/h1-6H,13H2,(H,16,19). The number of pyridine rings is 1. The molecule has 0 aliphatic rings. The second-order valence-corrected chi connectivity index (χ2v) is 4.73. The molecule has 0 aliphatic heterocycles. The van der Waals surface area contributed by atoms with E-state index in [0.29, 0.717) is 5.65 Å². The van der Waals surface area contributed by atoms with Crippen molar-refractivity contribution in [3.05, 3.63) is 47.0 Å². The van der Waals surface area contributed by atoms with Gasteiger partial charge in [0.2, 0.25) is 0 Å². The number of imidazole rings is 1. The van der Waals surface area contributed by atoms with Gasteiger partial charge < -0.3 is 0 Å². The third-order valence-corrected chi connectivity index (χ3v) is 3.07. The number of fused-ring (bicyclic) bond motifs is 1. The van der Waals surface area contributed by atoms with Gasteiger partial charge in [-0.3, -0.25) is 14.6 Å². The van der Waals surface area contributed by atoms with Crippen molar-refractivity contribution in [2.45, 2.75) is 0 Å². The molecule has 1 amide bonds. The normalized spacial score (nSPS) is 10.8. The molecule has 3 N–H and O–H groups in total. The molecular formula is C11H9BrN6O. The highest BCUT2D eigenvalue weighted by Gasteiger charge is 2.13. The topological polar surface area (TPSA) is 90.2 Å². The molecule has 3 aromatic rings. The first-order valence-electron chi connectivity index (χ1n) is 5.38. The van der Waals surface area contributed by atoms with Crippen LogP contribution in [-0.4, -0.2) is 25.1 Å². The first-order chi connectivity index (χ1) is 9.19. The molecule has 0 spiro atoms. The number of rotatable bonds is 2. The number of nitrogens with zero attached hydrogens (tertiary/aromatic N) is 4. The van der Waals surface area contributed by atoms with E-state index in [1.165, 1.54) is 0 Å². The summed E-state index contributed by atoms with van der Waals surface area (Å²) < 4.78 is 4.29. The molecule has 0 fully saturated rings. The minimum atomic E-state index is -0.439. The van der Waals surface area contributed by atoms with E-state index in [-0.39, 0.29) is 5.69 Å². The van der Waals surface area contributed by atoms with E-state index in [1.54, 1.807) is 27.5 Å². The second kappa shape index (κ2) is 4.48. The number of halogens is 1. The Hall–Kier alpha value is -2.19. The number of nitrogen functional groups attached to an aromatic ring is 1. The zero-order valence-corrected chi connectivity index (χ0v) is 11.2. The lowest BCUT2D eigenvalue weighted by Gasteiger charge is -2.05. The lowest BCUT2D eigenvalue weighted by atomic mass is 10.4. The summed E-state index contributed by atoms with van der Waals surface area (Å²) in [6, 6.07) is 5.50. The third kappa shape index (κ3) is 2.00. The van der Waals surface area contributed by atoms with E-state index in [4.69, 9.17) is 5.84 Å². The Kier molecular flexibility index (Phi) is 2.80. The van der Waals surface area contributed by atoms with Gasteiger partial charge in [0.15, 0.2) is 0 Å². The number of carbonyl (C=O) groups is 1. The average Bonchev–Trinajstić information content (AvgIpc) is 3.05. The molecule has 0 unspecified atom stereocenters. The smallest absolute Gasteiger partial charge is 0.285 e. The summed E-state index contributed by atoms with van der Waals surface area (Å²) in [5, 5.41) is 4.17. The van der Waals surface area contributed by atoms with Gasteiger partial charge in [-0.1, -0.05) is 15.9 Å². The lowest BCUT2D eigenvalue weighted by molar-refractivity contribution is 0.0949. The summed E-state index contributed by atoms with van der Waals surface area (Å²) in [5.41, 5.74) is 2.93. The molecule has 3 heterocycles. The molecule has 3 rings (SSSR count). The molecule has 0 saturated heterocycles. The van der Waals surface area contributed by atoms with Crippen molar-refractivity contribution in [3.8, 4) is 5.82 Å². The van der Waals surface area contributed by atoms with Crippen LogP contribution in [0, 0.1) is 0 Å². The highest BCUT2D eigenvalue weighted by molar-refractivity contribution is 9.10. The highest BCUT2D eigenvalue weighted by Crippen LogP contribution is 2.19. The molecule has 96 valence electrons. The maximum absolute atomic E-state index is 11.5. The minimum absolute atomic E-state index is 0.244. The summed E-state index contributed by atoms with van der Waals surface area (Å²) in [7, 11) is 0. The van der Waals surface area contributed by atoms with Crippen LogP contribution in [0.15, 0.2) is 41.3 Å². The summed E-state index contributed by atoms with van der Waals surface area (Å²) in [6.45, 7) is 0. The van der Waals surface area contributed by atoms with Gasteiger partial charge >= 0.3 is 0 Å². The molecule has 7 nitrogen and oxygen atoms in total. The molecule has 0 bridgehead atoms. The Morgan fingerprint density at radius 3 is 2.95 bits per heavy atom. The van der Waals surface area contributed by atoms with E-state index >= 15 is 0 Å². The number of nitrogens with one attached hydrogen (secondary N) is 1. The van der Waals surface area contributed by atoms with Crippen molar-refractivity contribution in [2.75, 3.05) is 0 Å². The Bertz CT molecular complexity index is 748.